The zero-order valence-electron chi connectivity index (χ0n) is 15.2. The fourth-order valence-electron chi connectivity index (χ4n) is 3.30. The molecule has 0 bridgehead atoms. The zero-order valence-corrected chi connectivity index (χ0v) is 15.2. The van der Waals surface area contributed by atoms with Crippen LogP contribution in [0.25, 0.3) is 0 Å². The summed E-state index contributed by atoms with van der Waals surface area (Å²) in [5, 5.41) is 0. The first-order valence-electron chi connectivity index (χ1n) is 8.51. The lowest BCUT2D eigenvalue weighted by Crippen LogP contribution is -2.39. The van der Waals surface area contributed by atoms with Gasteiger partial charge in [-0.3, -0.25) is 4.79 Å². The van der Waals surface area contributed by atoms with Gasteiger partial charge in [-0.25, -0.2) is 4.79 Å². The van der Waals surface area contributed by atoms with Crippen LogP contribution in [0.1, 0.15) is 33.6 Å². The molecular formula is C18H26O7. The Hall–Kier alpha value is -1.86. The number of esters is 2. The standard InChI is InChI=1S/C18H26O7/c1-5-22-12(3)25-18-16-13(8-9-23-11(2)19)6-7-14(16)15(10-24-18)17(20)21-4/h6,10,12,14,16,18H,5,7-9H2,1-4H3/t12?,14-,16+,18+/m1/s1. The topological polar surface area (TPSA) is 80.3 Å². The van der Waals surface area contributed by atoms with E-state index in [2.05, 4.69) is 6.08 Å². The summed E-state index contributed by atoms with van der Waals surface area (Å²) in [6.45, 7) is 5.89. The van der Waals surface area contributed by atoms with Gasteiger partial charge in [-0.05, 0) is 20.3 Å². The quantitative estimate of drug-likeness (QED) is 0.376. The highest BCUT2D eigenvalue weighted by molar-refractivity contribution is 5.89. The molecule has 0 aromatic heterocycles. The number of hydrogen-bond acceptors (Lipinski definition) is 7. The Morgan fingerprint density at radius 2 is 2.16 bits per heavy atom. The molecule has 4 atom stereocenters. The minimum Gasteiger partial charge on any atom is -0.471 e. The van der Waals surface area contributed by atoms with Crippen molar-refractivity contribution in [2.24, 2.45) is 11.8 Å². The molecule has 0 aromatic rings. The second kappa shape index (κ2) is 9.01. The first kappa shape index (κ1) is 19.5. The van der Waals surface area contributed by atoms with Gasteiger partial charge in [-0.2, -0.15) is 0 Å². The second-order valence-corrected chi connectivity index (χ2v) is 5.97. The summed E-state index contributed by atoms with van der Waals surface area (Å²) in [4.78, 5) is 23.0. The number of methoxy groups -OCH3 is 1. The Balaban J connectivity index is 2.13. The SMILES string of the molecule is CCOC(C)O[C@@H]1OC=C(C(=O)OC)[C@H]2CC=C(CCOC(C)=O)[C@H]12. The maximum Gasteiger partial charge on any atom is 0.337 e. The predicted molar refractivity (Wildman–Crippen MR) is 88.1 cm³/mol. The highest BCUT2D eigenvalue weighted by Gasteiger charge is 2.45. The molecule has 7 nitrogen and oxygen atoms in total. The third kappa shape index (κ3) is 4.83. The summed E-state index contributed by atoms with van der Waals surface area (Å²) in [5.74, 6) is -0.936. The fourth-order valence-corrected chi connectivity index (χ4v) is 3.30. The van der Waals surface area contributed by atoms with E-state index in [0.717, 1.165) is 5.57 Å². The van der Waals surface area contributed by atoms with Crippen molar-refractivity contribution in [2.75, 3.05) is 20.3 Å². The molecule has 2 aliphatic rings. The van der Waals surface area contributed by atoms with Crippen molar-refractivity contribution < 1.29 is 33.3 Å². The minimum absolute atomic E-state index is 0.0765. The van der Waals surface area contributed by atoms with Gasteiger partial charge >= 0.3 is 11.9 Å². The van der Waals surface area contributed by atoms with Gasteiger partial charge in [0.1, 0.15) is 0 Å². The van der Waals surface area contributed by atoms with Crippen LogP contribution in [-0.2, 0) is 33.3 Å². The van der Waals surface area contributed by atoms with Crippen molar-refractivity contribution in [1.82, 2.24) is 0 Å². The molecule has 0 N–H and O–H groups in total. The van der Waals surface area contributed by atoms with Gasteiger partial charge in [0.15, 0.2) is 6.29 Å². The summed E-state index contributed by atoms with van der Waals surface area (Å²) < 4.78 is 26.9. The Kier molecular flexibility index (Phi) is 7.01. The van der Waals surface area contributed by atoms with Gasteiger partial charge in [-0.15, -0.1) is 0 Å². The smallest absolute Gasteiger partial charge is 0.337 e. The maximum absolute atomic E-state index is 12.0. The average Bonchev–Trinajstić information content (AvgIpc) is 2.99. The van der Waals surface area contributed by atoms with E-state index >= 15 is 0 Å². The van der Waals surface area contributed by atoms with E-state index in [4.69, 9.17) is 23.7 Å². The van der Waals surface area contributed by atoms with Gasteiger partial charge < -0.3 is 23.7 Å². The van der Waals surface area contributed by atoms with E-state index < -0.39 is 18.5 Å². The van der Waals surface area contributed by atoms with Crippen LogP contribution in [0.5, 0.6) is 0 Å². The molecule has 0 spiro atoms. The van der Waals surface area contributed by atoms with Gasteiger partial charge in [0.2, 0.25) is 6.29 Å². The molecule has 1 heterocycles. The maximum atomic E-state index is 12.0. The lowest BCUT2D eigenvalue weighted by Gasteiger charge is -2.36. The van der Waals surface area contributed by atoms with E-state index in [-0.39, 0.29) is 24.4 Å². The lowest BCUT2D eigenvalue weighted by molar-refractivity contribution is -0.242. The van der Waals surface area contributed by atoms with Crippen LogP contribution in [0.3, 0.4) is 0 Å². The number of hydrogen-bond donors (Lipinski definition) is 0. The van der Waals surface area contributed by atoms with Crippen LogP contribution in [-0.4, -0.2) is 44.8 Å². The summed E-state index contributed by atoms with van der Waals surface area (Å²) in [6, 6.07) is 0. The highest BCUT2D eigenvalue weighted by atomic mass is 16.8. The van der Waals surface area contributed by atoms with Gasteiger partial charge in [0.25, 0.3) is 0 Å². The van der Waals surface area contributed by atoms with E-state index in [1.54, 1.807) is 6.92 Å². The molecule has 0 radical (unpaired) electrons. The predicted octanol–water partition coefficient (Wildman–Crippen LogP) is 2.31. The molecule has 1 aliphatic heterocycles. The van der Waals surface area contributed by atoms with Gasteiger partial charge in [0, 0.05) is 25.9 Å². The van der Waals surface area contributed by atoms with E-state index in [0.29, 0.717) is 25.0 Å². The van der Waals surface area contributed by atoms with Crippen LogP contribution in [0.15, 0.2) is 23.5 Å². The average molecular weight is 354 g/mol. The largest absolute Gasteiger partial charge is 0.471 e. The number of fused-ring (bicyclic) bond motifs is 1. The number of rotatable bonds is 8. The number of carbonyl (C=O) groups is 2. The van der Waals surface area contributed by atoms with Crippen molar-refractivity contribution in [2.45, 2.75) is 46.2 Å². The normalized spacial score (nSPS) is 26.0. The molecule has 0 saturated carbocycles. The van der Waals surface area contributed by atoms with Gasteiger partial charge in [0.05, 0.1) is 31.5 Å². The molecule has 1 aliphatic carbocycles. The molecule has 1 unspecified atom stereocenters. The van der Waals surface area contributed by atoms with Crippen LogP contribution >= 0.6 is 0 Å². The summed E-state index contributed by atoms with van der Waals surface area (Å²) in [7, 11) is 1.35. The molecule has 0 amide bonds. The number of ether oxygens (including phenoxy) is 5. The molecule has 0 fully saturated rings. The van der Waals surface area contributed by atoms with Crippen LogP contribution < -0.4 is 0 Å². The summed E-state index contributed by atoms with van der Waals surface area (Å²) in [6.07, 6.45) is 3.75. The van der Waals surface area contributed by atoms with Crippen LogP contribution in [0.2, 0.25) is 0 Å². The Labute approximate surface area is 147 Å². The third-order valence-electron chi connectivity index (χ3n) is 4.36. The molecule has 2 rings (SSSR count). The molecule has 140 valence electrons. The zero-order chi connectivity index (χ0) is 18.4. The van der Waals surface area contributed by atoms with E-state index in [9.17, 15) is 9.59 Å². The van der Waals surface area contributed by atoms with E-state index in [1.807, 2.05) is 6.92 Å². The molecule has 0 saturated heterocycles. The van der Waals surface area contributed by atoms with Crippen LogP contribution in [0, 0.1) is 11.8 Å². The first-order valence-corrected chi connectivity index (χ1v) is 8.51. The van der Waals surface area contributed by atoms with Crippen molar-refractivity contribution in [1.29, 1.82) is 0 Å². The van der Waals surface area contributed by atoms with Crippen LogP contribution in [0.4, 0.5) is 0 Å². The molecule has 7 heteroatoms. The van der Waals surface area contributed by atoms with Crippen molar-refractivity contribution in [3.05, 3.63) is 23.5 Å². The van der Waals surface area contributed by atoms with Gasteiger partial charge in [-0.1, -0.05) is 11.6 Å². The minimum atomic E-state index is -0.564. The Bertz CT molecular complexity index is 552. The molecular weight excluding hydrogens is 328 g/mol. The fraction of sp³-hybridized carbons (Fsp3) is 0.667. The van der Waals surface area contributed by atoms with Crippen molar-refractivity contribution in [3.8, 4) is 0 Å². The Morgan fingerprint density at radius 1 is 1.40 bits per heavy atom. The van der Waals surface area contributed by atoms with E-state index in [1.165, 1.54) is 20.3 Å². The monoisotopic (exact) mass is 354 g/mol. The summed E-state index contributed by atoms with van der Waals surface area (Å²) in [5.41, 5.74) is 1.55. The first-order chi connectivity index (χ1) is 12.0. The molecule has 25 heavy (non-hydrogen) atoms. The highest BCUT2D eigenvalue weighted by Crippen LogP contribution is 2.45. The molecule has 0 aromatic carbocycles. The summed E-state index contributed by atoms with van der Waals surface area (Å²) >= 11 is 0. The number of carbonyl (C=O) groups excluding carboxylic acids is 2. The van der Waals surface area contributed by atoms with Crippen molar-refractivity contribution >= 4 is 11.9 Å². The third-order valence-corrected chi connectivity index (χ3v) is 4.36. The number of allylic oxidation sites excluding steroid dienone is 1. The van der Waals surface area contributed by atoms with Crippen molar-refractivity contribution in [3.63, 3.8) is 0 Å². The Morgan fingerprint density at radius 3 is 2.80 bits per heavy atom. The second-order valence-electron chi connectivity index (χ2n) is 5.97. The lowest BCUT2D eigenvalue weighted by atomic mass is 9.82.